The number of benzene rings is 1. The largest absolute Gasteiger partial charge is 0.399 e. The first-order chi connectivity index (χ1) is 8.71. The van der Waals surface area contributed by atoms with Gasteiger partial charge in [-0.3, -0.25) is 10.1 Å². The first kappa shape index (κ1) is 11.2. The zero-order valence-electron chi connectivity index (χ0n) is 9.59. The topological polar surface area (TPSA) is 80.9 Å². The first-order valence-corrected chi connectivity index (χ1v) is 6.52. The maximum Gasteiger partial charge on any atom is 0.236 e. The second-order valence-electron chi connectivity index (χ2n) is 4.40. The third kappa shape index (κ3) is 1.84. The van der Waals surface area contributed by atoms with Crippen LogP contribution in [0.5, 0.6) is 0 Å². The van der Waals surface area contributed by atoms with E-state index in [1.54, 1.807) is 5.51 Å². The number of aromatic nitrogens is 2. The van der Waals surface area contributed by atoms with Crippen LogP contribution in [0.25, 0.3) is 0 Å². The van der Waals surface area contributed by atoms with E-state index in [9.17, 15) is 4.79 Å². The Morgan fingerprint density at radius 3 is 2.61 bits per heavy atom. The summed E-state index contributed by atoms with van der Waals surface area (Å²) in [5.74, 6) is -0.0102. The molecule has 3 rings (SSSR count). The average molecular weight is 260 g/mol. The Labute approximate surface area is 108 Å². The average Bonchev–Trinajstić information content (AvgIpc) is 3.03. The van der Waals surface area contributed by atoms with Crippen LogP contribution in [0.2, 0.25) is 0 Å². The molecule has 6 heteroatoms. The van der Waals surface area contributed by atoms with Gasteiger partial charge < -0.3 is 5.73 Å². The van der Waals surface area contributed by atoms with Gasteiger partial charge in [-0.25, -0.2) is 0 Å². The van der Waals surface area contributed by atoms with Crippen LogP contribution in [0.15, 0.2) is 29.8 Å². The summed E-state index contributed by atoms with van der Waals surface area (Å²) in [6.07, 6.45) is 1.73. The number of carbonyl (C=O) groups is 1. The van der Waals surface area contributed by atoms with Crippen LogP contribution in [-0.2, 0) is 10.2 Å². The van der Waals surface area contributed by atoms with Gasteiger partial charge >= 0.3 is 0 Å². The van der Waals surface area contributed by atoms with E-state index in [-0.39, 0.29) is 5.91 Å². The lowest BCUT2D eigenvalue weighted by atomic mass is 9.95. The molecule has 1 aromatic carbocycles. The van der Waals surface area contributed by atoms with E-state index in [2.05, 4.69) is 15.5 Å². The minimum absolute atomic E-state index is 0.0102. The molecule has 1 aliphatic carbocycles. The van der Waals surface area contributed by atoms with Gasteiger partial charge in [0.15, 0.2) is 0 Å². The molecule has 1 fully saturated rings. The molecule has 1 amide bonds. The Kier molecular flexibility index (Phi) is 2.52. The Morgan fingerprint density at radius 2 is 2.06 bits per heavy atom. The van der Waals surface area contributed by atoms with Gasteiger partial charge in [-0.15, -0.1) is 10.2 Å². The number of nitrogens with two attached hydrogens (primary N) is 1. The van der Waals surface area contributed by atoms with Gasteiger partial charge in [0.25, 0.3) is 0 Å². The minimum atomic E-state index is -0.403. The van der Waals surface area contributed by atoms with Crippen LogP contribution in [0, 0.1) is 0 Å². The lowest BCUT2D eigenvalue weighted by Crippen LogP contribution is -2.27. The molecular weight excluding hydrogens is 248 g/mol. The third-order valence-electron chi connectivity index (χ3n) is 3.23. The van der Waals surface area contributed by atoms with E-state index >= 15 is 0 Å². The molecule has 2 aromatic rings. The normalized spacial score (nSPS) is 16.2. The summed E-state index contributed by atoms with van der Waals surface area (Å²) in [6, 6.07) is 7.49. The van der Waals surface area contributed by atoms with E-state index in [0.29, 0.717) is 10.8 Å². The number of hydrogen-bond acceptors (Lipinski definition) is 5. The third-order valence-corrected chi connectivity index (χ3v) is 3.84. The molecule has 0 spiro atoms. The van der Waals surface area contributed by atoms with Crippen LogP contribution in [-0.4, -0.2) is 16.1 Å². The summed E-state index contributed by atoms with van der Waals surface area (Å²) in [5.41, 5.74) is 8.57. The van der Waals surface area contributed by atoms with E-state index in [1.807, 2.05) is 24.3 Å². The zero-order chi connectivity index (χ0) is 12.6. The van der Waals surface area contributed by atoms with Crippen molar-refractivity contribution in [1.82, 2.24) is 10.2 Å². The number of nitrogen functional groups attached to an aromatic ring is 1. The van der Waals surface area contributed by atoms with Crippen molar-refractivity contribution in [3.63, 3.8) is 0 Å². The van der Waals surface area contributed by atoms with E-state index in [1.165, 1.54) is 11.3 Å². The molecule has 1 aromatic heterocycles. The highest BCUT2D eigenvalue weighted by atomic mass is 32.1. The van der Waals surface area contributed by atoms with Gasteiger partial charge in [0.2, 0.25) is 11.0 Å². The lowest BCUT2D eigenvalue weighted by molar-refractivity contribution is -0.118. The zero-order valence-corrected chi connectivity index (χ0v) is 10.4. The molecule has 0 saturated heterocycles. The molecule has 18 heavy (non-hydrogen) atoms. The molecule has 92 valence electrons. The smallest absolute Gasteiger partial charge is 0.236 e. The van der Waals surface area contributed by atoms with Crippen molar-refractivity contribution in [2.24, 2.45) is 0 Å². The molecule has 1 saturated carbocycles. The summed E-state index contributed by atoms with van der Waals surface area (Å²) in [4.78, 5) is 12.3. The standard InChI is InChI=1S/C12H12N4OS/c13-9-3-1-8(2-4-9)12(5-6-12)10(17)15-11-16-14-7-18-11/h1-4,7H,5-6,13H2,(H,15,16,17). The molecule has 0 radical (unpaired) electrons. The van der Waals surface area contributed by atoms with Crippen molar-refractivity contribution in [3.8, 4) is 0 Å². The summed E-state index contributed by atoms with van der Waals surface area (Å²) >= 11 is 1.32. The molecule has 1 aliphatic rings. The molecule has 0 atom stereocenters. The van der Waals surface area contributed by atoms with Crippen LogP contribution in [0.3, 0.4) is 0 Å². The van der Waals surface area contributed by atoms with Crippen molar-refractivity contribution in [2.75, 3.05) is 11.1 Å². The Hall–Kier alpha value is -1.95. The van der Waals surface area contributed by atoms with Crippen molar-refractivity contribution < 1.29 is 4.79 Å². The van der Waals surface area contributed by atoms with Crippen LogP contribution >= 0.6 is 11.3 Å². The Balaban J connectivity index is 1.82. The lowest BCUT2D eigenvalue weighted by Gasteiger charge is -2.14. The quantitative estimate of drug-likeness (QED) is 0.824. The van der Waals surface area contributed by atoms with Crippen molar-refractivity contribution >= 4 is 28.1 Å². The van der Waals surface area contributed by atoms with E-state index in [4.69, 9.17) is 5.73 Å². The molecule has 0 bridgehead atoms. The van der Waals surface area contributed by atoms with Gasteiger partial charge in [0.05, 0.1) is 5.41 Å². The van der Waals surface area contributed by atoms with Crippen molar-refractivity contribution in [1.29, 1.82) is 0 Å². The van der Waals surface area contributed by atoms with Gasteiger partial charge in [0, 0.05) is 5.69 Å². The highest BCUT2D eigenvalue weighted by Crippen LogP contribution is 2.49. The van der Waals surface area contributed by atoms with Gasteiger partial charge in [-0.1, -0.05) is 23.5 Å². The van der Waals surface area contributed by atoms with Crippen molar-refractivity contribution in [2.45, 2.75) is 18.3 Å². The maximum absolute atomic E-state index is 12.3. The molecule has 1 heterocycles. The molecule has 3 N–H and O–H groups in total. The highest BCUT2D eigenvalue weighted by molar-refractivity contribution is 7.13. The molecular formula is C12H12N4OS. The van der Waals surface area contributed by atoms with Crippen molar-refractivity contribution in [3.05, 3.63) is 35.3 Å². The number of hydrogen-bond donors (Lipinski definition) is 2. The first-order valence-electron chi connectivity index (χ1n) is 5.64. The van der Waals surface area contributed by atoms with Crippen LogP contribution in [0.1, 0.15) is 18.4 Å². The summed E-state index contributed by atoms with van der Waals surface area (Å²) in [6.45, 7) is 0. The number of carbonyl (C=O) groups excluding carboxylic acids is 1. The summed E-state index contributed by atoms with van der Waals surface area (Å²) in [7, 11) is 0. The van der Waals surface area contributed by atoms with Gasteiger partial charge in [-0.2, -0.15) is 0 Å². The van der Waals surface area contributed by atoms with Crippen LogP contribution in [0.4, 0.5) is 10.8 Å². The number of anilines is 2. The fourth-order valence-electron chi connectivity index (χ4n) is 2.02. The van der Waals surface area contributed by atoms with E-state index < -0.39 is 5.41 Å². The summed E-state index contributed by atoms with van der Waals surface area (Å²) in [5, 5.41) is 10.9. The maximum atomic E-state index is 12.3. The monoisotopic (exact) mass is 260 g/mol. The molecule has 0 aliphatic heterocycles. The number of nitrogens with zero attached hydrogens (tertiary/aromatic N) is 2. The van der Waals surface area contributed by atoms with Gasteiger partial charge in [0.1, 0.15) is 5.51 Å². The predicted molar refractivity (Wildman–Crippen MR) is 70.3 cm³/mol. The minimum Gasteiger partial charge on any atom is -0.399 e. The molecule has 5 nitrogen and oxygen atoms in total. The van der Waals surface area contributed by atoms with E-state index in [0.717, 1.165) is 18.4 Å². The number of nitrogens with one attached hydrogen (secondary N) is 1. The Morgan fingerprint density at radius 1 is 1.33 bits per heavy atom. The SMILES string of the molecule is Nc1ccc(C2(C(=O)Nc3nncs3)CC2)cc1. The summed E-state index contributed by atoms with van der Waals surface area (Å²) < 4.78 is 0. The second-order valence-corrected chi connectivity index (χ2v) is 5.24. The van der Waals surface area contributed by atoms with Gasteiger partial charge in [-0.05, 0) is 30.5 Å². The fourth-order valence-corrected chi connectivity index (χ4v) is 2.46. The number of amides is 1. The second kappa shape index (κ2) is 4.06. The number of rotatable bonds is 3. The Bertz CT molecular complexity index is 560. The fraction of sp³-hybridized carbons (Fsp3) is 0.250. The highest BCUT2D eigenvalue weighted by Gasteiger charge is 2.51. The predicted octanol–water partition coefficient (Wildman–Crippen LogP) is 1.79. The molecule has 0 unspecified atom stereocenters. The van der Waals surface area contributed by atoms with Crippen LogP contribution < -0.4 is 11.1 Å².